The molecule has 0 aromatic rings. The predicted molar refractivity (Wildman–Crippen MR) is 56.4 cm³/mol. The summed E-state index contributed by atoms with van der Waals surface area (Å²) < 4.78 is 5.76. The van der Waals surface area contributed by atoms with E-state index in [2.05, 4.69) is 27.7 Å². The van der Waals surface area contributed by atoms with E-state index >= 15 is 0 Å². The Morgan fingerprint density at radius 3 is 2.00 bits per heavy atom. The zero-order valence-corrected chi connectivity index (χ0v) is 9.32. The number of aliphatic hydroxyl groups excluding tert-OH is 1. The summed E-state index contributed by atoms with van der Waals surface area (Å²) in [6.07, 6.45) is -0.0580. The lowest BCUT2D eigenvalue weighted by Gasteiger charge is -2.26. The average molecular weight is 184 g/mol. The standard InChI is InChI=1S/C10H21BO2/c1-5(2)7-8(12)10(11)13-9(7)6(3)4/h5-10,12H,11H2,1-4H3. The number of hydrogen-bond acceptors (Lipinski definition) is 2. The minimum Gasteiger partial charge on any atom is -0.391 e. The van der Waals surface area contributed by atoms with Gasteiger partial charge in [-0.15, -0.1) is 0 Å². The Hall–Kier alpha value is -0.0151. The molecule has 1 aliphatic rings. The van der Waals surface area contributed by atoms with Gasteiger partial charge in [0, 0.05) is 5.92 Å². The smallest absolute Gasteiger partial charge is 0.142 e. The van der Waals surface area contributed by atoms with Crippen LogP contribution in [0.4, 0.5) is 0 Å². The zero-order valence-electron chi connectivity index (χ0n) is 9.32. The first-order valence-electron chi connectivity index (χ1n) is 5.28. The van der Waals surface area contributed by atoms with Crippen molar-refractivity contribution in [3.8, 4) is 0 Å². The van der Waals surface area contributed by atoms with Gasteiger partial charge >= 0.3 is 0 Å². The van der Waals surface area contributed by atoms with E-state index in [0.29, 0.717) is 17.8 Å². The maximum absolute atomic E-state index is 9.92. The monoisotopic (exact) mass is 184 g/mol. The summed E-state index contributed by atoms with van der Waals surface area (Å²) in [7, 11) is 1.96. The van der Waals surface area contributed by atoms with Gasteiger partial charge in [0.1, 0.15) is 7.85 Å². The van der Waals surface area contributed by atoms with Gasteiger partial charge in [0.05, 0.1) is 18.2 Å². The Kier molecular flexibility index (Phi) is 3.41. The molecule has 1 aliphatic heterocycles. The molecule has 1 heterocycles. The maximum Gasteiger partial charge on any atom is 0.142 e. The first-order valence-corrected chi connectivity index (χ1v) is 5.28. The van der Waals surface area contributed by atoms with Gasteiger partial charge in [-0.3, -0.25) is 0 Å². The van der Waals surface area contributed by atoms with Crippen LogP contribution in [-0.4, -0.2) is 31.2 Å². The van der Waals surface area contributed by atoms with Gasteiger partial charge in [0.2, 0.25) is 0 Å². The normalized spacial score (nSPS) is 40.5. The van der Waals surface area contributed by atoms with Gasteiger partial charge in [-0.25, -0.2) is 0 Å². The van der Waals surface area contributed by atoms with Crippen molar-refractivity contribution in [1.29, 1.82) is 0 Å². The predicted octanol–water partition coefficient (Wildman–Crippen LogP) is 0.633. The summed E-state index contributed by atoms with van der Waals surface area (Å²) in [4.78, 5) is 0. The molecule has 0 bridgehead atoms. The highest BCUT2D eigenvalue weighted by Crippen LogP contribution is 2.35. The third kappa shape index (κ3) is 2.08. The van der Waals surface area contributed by atoms with E-state index in [0.717, 1.165) is 0 Å². The van der Waals surface area contributed by atoms with Crippen molar-refractivity contribution >= 4 is 7.85 Å². The molecular weight excluding hydrogens is 163 g/mol. The Bertz CT molecular complexity index is 170. The van der Waals surface area contributed by atoms with E-state index < -0.39 is 0 Å². The van der Waals surface area contributed by atoms with Crippen molar-refractivity contribution in [2.45, 2.75) is 45.9 Å². The number of hydrogen-bond donors (Lipinski definition) is 1. The van der Waals surface area contributed by atoms with E-state index in [1.165, 1.54) is 0 Å². The van der Waals surface area contributed by atoms with Crippen molar-refractivity contribution in [2.24, 2.45) is 17.8 Å². The van der Waals surface area contributed by atoms with Gasteiger partial charge < -0.3 is 9.84 Å². The highest BCUT2D eigenvalue weighted by Gasteiger charge is 2.43. The molecule has 0 aromatic carbocycles. The maximum atomic E-state index is 9.92. The minimum atomic E-state index is -0.285. The Balaban J connectivity index is 2.74. The lowest BCUT2D eigenvalue weighted by atomic mass is 9.79. The summed E-state index contributed by atoms with van der Waals surface area (Å²) in [6, 6.07) is -0.000185. The van der Waals surface area contributed by atoms with Gasteiger partial charge in [0.25, 0.3) is 0 Å². The molecule has 3 heteroatoms. The highest BCUT2D eigenvalue weighted by atomic mass is 16.5. The molecule has 1 saturated heterocycles. The molecule has 4 unspecified atom stereocenters. The van der Waals surface area contributed by atoms with E-state index in [-0.39, 0.29) is 18.2 Å². The summed E-state index contributed by atoms with van der Waals surface area (Å²) in [5.74, 6) is 1.29. The molecule has 0 aliphatic carbocycles. The van der Waals surface area contributed by atoms with Crippen LogP contribution >= 0.6 is 0 Å². The van der Waals surface area contributed by atoms with E-state index in [4.69, 9.17) is 4.74 Å². The van der Waals surface area contributed by atoms with Gasteiger partial charge in [-0.2, -0.15) is 0 Å². The number of rotatable bonds is 2. The lowest BCUT2D eigenvalue weighted by Crippen LogP contribution is -2.33. The first kappa shape index (κ1) is 11.1. The van der Waals surface area contributed by atoms with Crippen molar-refractivity contribution in [1.82, 2.24) is 0 Å². The second-order valence-electron chi connectivity index (χ2n) is 4.86. The molecule has 0 radical (unpaired) electrons. The molecule has 76 valence electrons. The Morgan fingerprint density at radius 1 is 1.15 bits per heavy atom. The second-order valence-corrected chi connectivity index (χ2v) is 4.86. The largest absolute Gasteiger partial charge is 0.391 e. The SMILES string of the molecule is BC1OC(C(C)C)C(C(C)C)C1O. The second kappa shape index (κ2) is 4.01. The summed E-state index contributed by atoms with van der Waals surface area (Å²) in [5.41, 5.74) is 0. The van der Waals surface area contributed by atoms with Crippen LogP contribution in [0.2, 0.25) is 0 Å². The van der Waals surface area contributed by atoms with Crippen LogP contribution in [0.5, 0.6) is 0 Å². The van der Waals surface area contributed by atoms with Crippen molar-refractivity contribution in [3.05, 3.63) is 0 Å². The molecule has 0 spiro atoms. The van der Waals surface area contributed by atoms with Crippen LogP contribution in [-0.2, 0) is 4.74 Å². The highest BCUT2D eigenvalue weighted by molar-refractivity contribution is 6.11. The van der Waals surface area contributed by atoms with E-state index in [1.807, 2.05) is 7.85 Å². The van der Waals surface area contributed by atoms with Crippen molar-refractivity contribution in [2.75, 3.05) is 0 Å². The molecule has 1 N–H and O–H groups in total. The first-order chi connectivity index (χ1) is 5.95. The molecule has 1 fully saturated rings. The van der Waals surface area contributed by atoms with Crippen molar-refractivity contribution < 1.29 is 9.84 Å². The molecule has 13 heavy (non-hydrogen) atoms. The fourth-order valence-electron chi connectivity index (χ4n) is 2.30. The lowest BCUT2D eigenvalue weighted by molar-refractivity contribution is 0.0284. The third-order valence-electron chi connectivity index (χ3n) is 3.05. The molecule has 4 atom stereocenters. The summed E-state index contributed by atoms with van der Waals surface area (Å²) in [6.45, 7) is 8.63. The quantitative estimate of drug-likeness (QED) is 0.638. The summed E-state index contributed by atoms with van der Waals surface area (Å²) >= 11 is 0. The molecule has 1 rings (SSSR count). The summed E-state index contributed by atoms with van der Waals surface area (Å²) in [5, 5.41) is 9.92. The van der Waals surface area contributed by atoms with Crippen LogP contribution in [0.15, 0.2) is 0 Å². The van der Waals surface area contributed by atoms with Gasteiger partial charge in [-0.1, -0.05) is 27.7 Å². The van der Waals surface area contributed by atoms with Gasteiger partial charge in [0.15, 0.2) is 0 Å². The van der Waals surface area contributed by atoms with Crippen molar-refractivity contribution in [3.63, 3.8) is 0 Å². The fraction of sp³-hybridized carbons (Fsp3) is 1.00. The number of ether oxygens (including phenoxy) is 1. The van der Waals surface area contributed by atoms with Crippen LogP contribution < -0.4 is 0 Å². The van der Waals surface area contributed by atoms with Crippen LogP contribution in [0.1, 0.15) is 27.7 Å². The molecule has 0 saturated carbocycles. The van der Waals surface area contributed by atoms with Crippen LogP contribution in [0.25, 0.3) is 0 Å². The third-order valence-corrected chi connectivity index (χ3v) is 3.05. The fourth-order valence-corrected chi connectivity index (χ4v) is 2.30. The average Bonchev–Trinajstić information content (AvgIpc) is 2.28. The molecular formula is C10H21BO2. The Labute approximate surface area is 82.1 Å². The Morgan fingerprint density at radius 2 is 1.69 bits per heavy atom. The van der Waals surface area contributed by atoms with Gasteiger partial charge in [-0.05, 0) is 11.8 Å². The van der Waals surface area contributed by atoms with Crippen LogP contribution in [0, 0.1) is 17.8 Å². The minimum absolute atomic E-state index is 0.000185. The topological polar surface area (TPSA) is 29.5 Å². The van der Waals surface area contributed by atoms with E-state index in [9.17, 15) is 5.11 Å². The number of aliphatic hydroxyl groups is 1. The zero-order chi connectivity index (χ0) is 10.2. The van der Waals surface area contributed by atoms with Crippen LogP contribution in [0.3, 0.4) is 0 Å². The molecule has 2 nitrogen and oxygen atoms in total. The van der Waals surface area contributed by atoms with E-state index in [1.54, 1.807) is 0 Å². The molecule has 0 amide bonds. The molecule has 0 aromatic heterocycles.